The Labute approximate surface area is 245 Å². The number of halogens is 3. The van der Waals surface area contributed by atoms with Crippen LogP contribution in [0.15, 0.2) is 42.5 Å². The van der Waals surface area contributed by atoms with Crippen molar-refractivity contribution in [1.82, 2.24) is 9.80 Å². The minimum absolute atomic E-state index is 0.0843. The monoisotopic (exact) mass is 590 g/mol. The average Bonchev–Trinajstić information content (AvgIpc) is 2.95. The number of likely N-dealkylation sites (N-methyl/N-ethyl adjacent to an activating group) is 1. The Hall–Kier alpha value is -3.31. The lowest BCUT2D eigenvalue weighted by Gasteiger charge is -2.39. The minimum atomic E-state index is -4.48. The summed E-state index contributed by atoms with van der Waals surface area (Å²) in [5, 5.41) is 15.2. The van der Waals surface area contributed by atoms with Gasteiger partial charge in [-0.05, 0) is 69.1 Å². The summed E-state index contributed by atoms with van der Waals surface area (Å²) in [7, 11) is 2.07. The molecule has 0 spiro atoms. The zero-order valence-electron chi connectivity index (χ0n) is 24.4. The molecular weight excluding hydrogens is 549 g/mol. The van der Waals surface area contributed by atoms with Crippen LogP contribution in [0.2, 0.25) is 0 Å². The molecule has 11 heteroatoms. The van der Waals surface area contributed by atoms with Crippen molar-refractivity contribution in [3.63, 3.8) is 0 Å². The van der Waals surface area contributed by atoms with Crippen LogP contribution in [0.3, 0.4) is 0 Å². The highest BCUT2D eigenvalue weighted by Gasteiger charge is 2.35. The van der Waals surface area contributed by atoms with E-state index in [-0.39, 0.29) is 47.2 Å². The summed E-state index contributed by atoms with van der Waals surface area (Å²) < 4.78 is 45.3. The summed E-state index contributed by atoms with van der Waals surface area (Å²) in [4.78, 5) is 30.5. The number of anilines is 2. The number of alkyl halides is 3. The molecule has 3 atom stereocenters. The summed E-state index contributed by atoms with van der Waals surface area (Å²) in [6, 6.07) is 7.89. The first-order valence-corrected chi connectivity index (χ1v) is 14.6. The van der Waals surface area contributed by atoms with Crippen molar-refractivity contribution < 1.29 is 32.6 Å². The van der Waals surface area contributed by atoms with E-state index in [1.54, 1.807) is 30.0 Å². The number of urea groups is 1. The number of aliphatic hydroxyl groups is 1. The molecule has 1 saturated carbocycles. The second kappa shape index (κ2) is 13.8. The molecule has 4 rings (SSSR count). The Morgan fingerprint density at radius 1 is 1.10 bits per heavy atom. The van der Waals surface area contributed by atoms with Crippen molar-refractivity contribution in [2.45, 2.75) is 64.3 Å². The van der Waals surface area contributed by atoms with Gasteiger partial charge >= 0.3 is 12.2 Å². The maximum Gasteiger partial charge on any atom is 0.416 e. The summed E-state index contributed by atoms with van der Waals surface area (Å²) in [5.41, 5.74) is -0.124. The van der Waals surface area contributed by atoms with Crippen LogP contribution in [0, 0.1) is 11.8 Å². The minimum Gasteiger partial charge on any atom is -0.486 e. The largest absolute Gasteiger partial charge is 0.486 e. The Morgan fingerprint density at radius 2 is 1.79 bits per heavy atom. The van der Waals surface area contributed by atoms with Gasteiger partial charge in [-0.25, -0.2) is 4.79 Å². The first-order valence-electron chi connectivity index (χ1n) is 14.6. The SMILES string of the molecule is C[C@H](CO)N1C[C@H](C)[C@H](CN(C)CC2CCCCC2)Oc2c(NC(=O)Nc3ccc(C(F)(F)F)cc3)cccc2C1=O. The van der Waals surface area contributed by atoms with Crippen LogP contribution in [0.1, 0.15) is 61.9 Å². The number of aliphatic hydroxyl groups excluding tert-OH is 1. The van der Waals surface area contributed by atoms with E-state index in [1.165, 1.54) is 44.2 Å². The van der Waals surface area contributed by atoms with Crippen LogP contribution in [0.25, 0.3) is 0 Å². The predicted octanol–water partition coefficient (Wildman–Crippen LogP) is 6.08. The van der Waals surface area contributed by atoms with E-state index in [0.717, 1.165) is 18.7 Å². The zero-order valence-corrected chi connectivity index (χ0v) is 24.4. The molecule has 3 N–H and O–H groups in total. The van der Waals surface area contributed by atoms with Gasteiger partial charge in [0.05, 0.1) is 29.5 Å². The van der Waals surface area contributed by atoms with Gasteiger partial charge in [-0.15, -0.1) is 0 Å². The smallest absolute Gasteiger partial charge is 0.416 e. The number of carbonyl (C=O) groups is 2. The van der Waals surface area contributed by atoms with Gasteiger partial charge in [0.1, 0.15) is 6.10 Å². The molecule has 230 valence electrons. The number of hydrogen-bond donors (Lipinski definition) is 3. The highest BCUT2D eigenvalue weighted by atomic mass is 19.4. The number of fused-ring (bicyclic) bond motifs is 1. The third-order valence-electron chi connectivity index (χ3n) is 8.20. The molecule has 3 amide bonds. The van der Waals surface area contributed by atoms with Gasteiger partial charge in [-0.3, -0.25) is 4.79 Å². The van der Waals surface area contributed by atoms with E-state index < -0.39 is 23.8 Å². The van der Waals surface area contributed by atoms with E-state index >= 15 is 0 Å². The van der Waals surface area contributed by atoms with E-state index in [1.807, 2.05) is 6.92 Å². The number of nitrogens with zero attached hydrogens (tertiary/aromatic N) is 2. The molecule has 1 aliphatic carbocycles. The Morgan fingerprint density at radius 3 is 2.43 bits per heavy atom. The van der Waals surface area contributed by atoms with E-state index in [2.05, 4.69) is 22.6 Å². The van der Waals surface area contributed by atoms with Crippen LogP contribution in [-0.2, 0) is 6.18 Å². The highest BCUT2D eigenvalue weighted by Crippen LogP contribution is 2.36. The Bertz CT molecular complexity index is 1220. The van der Waals surface area contributed by atoms with Gasteiger partial charge in [0.25, 0.3) is 5.91 Å². The van der Waals surface area contributed by atoms with E-state index in [0.29, 0.717) is 19.0 Å². The fraction of sp³-hybridized carbons (Fsp3) is 0.548. The fourth-order valence-corrected chi connectivity index (χ4v) is 5.78. The molecule has 1 fully saturated rings. The second-order valence-corrected chi connectivity index (χ2v) is 11.7. The van der Waals surface area contributed by atoms with Crippen molar-refractivity contribution >= 4 is 23.3 Å². The third-order valence-corrected chi connectivity index (χ3v) is 8.20. The molecule has 42 heavy (non-hydrogen) atoms. The van der Waals surface area contributed by atoms with Gasteiger partial charge in [0, 0.05) is 31.2 Å². The highest BCUT2D eigenvalue weighted by molar-refractivity contribution is 6.04. The number of rotatable bonds is 8. The van der Waals surface area contributed by atoms with Gasteiger partial charge in [-0.2, -0.15) is 13.2 Å². The quantitative estimate of drug-likeness (QED) is 0.347. The average molecular weight is 591 g/mol. The van der Waals surface area contributed by atoms with Crippen LogP contribution < -0.4 is 15.4 Å². The fourth-order valence-electron chi connectivity index (χ4n) is 5.78. The molecule has 0 unspecified atom stereocenters. The molecule has 0 radical (unpaired) electrons. The molecule has 8 nitrogen and oxygen atoms in total. The molecule has 1 aliphatic heterocycles. The number of para-hydroxylation sites is 1. The maximum absolute atomic E-state index is 13.7. The van der Waals surface area contributed by atoms with Crippen molar-refractivity contribution in [1.29, 1.82) is 0 Å². The number of hydrogen-bond acceptors (Lipinski definition) is 5. The normalized spacial score (nSPS) is 20.8. The number of carbonyl (C=O) groups excluding carboxylic acids is 2. The lowest BCUT2D eigenvalue weighted by molar-refractivity contribution is -0.137. The lowest BCUT2D eigenvalue weighted by Crippen LogP contribution is -2.50. The van der Waals surface area contributed by atoms with E-state index in [9.17, 15) is 27.9 Å². The number of benzene rings is 2. The van der Waals surface area contributed by atoms with Crippen molar-refractivity contribution in [2.75, 3.05) is 43.9 Å². The zero-order chi connectivity index (χ0) is 30.4. The summed E-state index contributed by atoms with van der Waals surface area (Å²) in [5.74, 6) is 0.458. The lowest BCUT2D eigenvalue weighted by atomic mass is 9.89. The first kappa shape index (κ1) is 31.6. The molecule has 0 bridgehead atoms. The standard InChI is InChI=1S/C31H41F3N4O4/c1-20-16-38(21(2)19-39)29(40)25-10-7-11-26(36-30(41)35-24-14-12-23(13-15-24)31(32,33)34)28(25)42-27(20)18-37(3)17-22-8-5-4-6-9-22/h7,10-15,20-22,27,39H,4-6,8-9,16-19H2,1-3H3,(H2,35,36,41)/t20-,21+,27-/m0/s1. The van der Waals surface area contributed by atoms with Crippen LogP contribution in [0.4, 0.5) is 29.3 Å². The molecule has 2 aliphatic rings. The van der Waals surface area contributed by atoms with Crippen molar-refractivity contribution in [2.24, 2.45) is 11.8 Å². The predicted molar refractivity (Wildman–Crippen MR) is 156 cm³/mol. The molecular formula is C31H41F3N4O4. The van der Waals surface area contributed by atoms with Crippen molar-refractivity contribution in [3.05, 3.63) is 53.6 Å². The number of ether oxygens (including phenoxy) is 1. The molecule has 2 aromatic carbocycles. The molecule has 1 heterocycles. The third kappa shape index (κ3) is 7.95. The molecule has 0 saturated heterocycles. The van der Waals surface area contributed by atoms with E-state index in [4.69, 9.17) is 4.74 Å². The van der Waals surface area contributed by atoms with Crippen LogP contribution in [-0.4, -0.2) is 72.3 Å². The summed E-state index contributed by atoms with van der Waals surface area (Å²) in [6.07, 6.45) is 1.42. The second-order valence-electron chi connectivity index (χ2n) is 11.7. The number of nitrogens with one attached hydrogen (secondary N) is 2. The Balaban J connectivity index is 1.58. The van der Waals surface area contributed by atoms with Crippen molar-refractivity contribution in [3.8, 4) is 5.75 Å². The van der Waals surface area contributed by atoms with Gasteiger partial charge in [0.2, 0.25) is 0 Å². The number of amides is 3. The van der Waals surface area contributed by atoms with Crippen LogP contribution >= 0.6 is 0 Å². The Kier molecular flexibility index (Phi) is 10.4. The maximum atomic E-state index is 13.7. The van der Waals surface area contributed by atoms with Crippen LogP contribution in [0.5, 0.6) is 5.75 Å². The summed E-state index contributed by atoms with van der Waals surface area (Å²) in [6.45, 7) is 5.56. The summed E-state index contributed by atoms with van der Waals surface area (Å²) >= 11 is 0. The first-order chi connectivity index (χ1) is 20.0. The molecule has 0 aromatic heterocycles. The molecule has 2 aromatic rings. The topological polar surface area (TPSA) is 94.1 Å². The van der Waals surface area contributed by atoms with Gasteiger partial charge < -0.3 is 30.3 Å². The van der Waals surface area contributed by atoms with Gasteiger partial charge in [-0.1, -0.05) is 32.3 Å². The van der Waals surface area contributed by atoms with Gasteiger partial charge in [0.15, 0.2) is 5.75 Å².